The number of aromatic nitrogens is 2. The normalized spacial score (nSPS) is 16.7. The lowest BCUT2D eigenvalue weighted by Gasteiger charge is -2.32. The number of amides is 1. The molecular formula is C25H29N3O. The monoisotopic (exact) mass is 387 g/mol. The summed E-state index contributed by atoms with van der Waals surface area (Å²) >= 11 is 0. The number of aromatic amines is 1. The third-order valence-electron chi connectivity index (χ3n) is 5.80. The molecule has 2 heterocycles. The first-order chi connectivity index (χ1) is 14.2. The van der Waals surface area contributed by atoms with E-state index in [0.29, 0.717) is 18.2 Å². The Morgan fingerprint density at radius 2 is 1.79 bits per heavy atom. The molecule has 0 spiro atoms. The van der Waals surface area contributed by atoms with Gasteiger partial charge in [0.1, 0.15) is 5.82 Å². The van der Waals surface area contributed by atoms with Gasteiger partial charge in [0.05, 0.1) is 11.9 Å². The largest absolute Gasteiger partial charge is 0.342 e. The van der Waals surface area contributed by atoms with Gasteiger partial charge in [0, 0.05) is 25.4 Å². The minimum absolute atomic E-state index is 0.292. The molecule has 4 nitrogen and oxygen atoms in total. The van der Waals surface area contributed by atoms with Gasteiger partial charge < -0.3 is 9.88 Å². The van der Waals surface area contributed by atoms with E-state index in [9.17, 15) is 4.79 Å². The maximum atomic E-state index is 12.4. The second-order valence-corrected chi connectivity index (χ2v) is 7.91. The number of nitrogens with zero attached hydrogens (tertiary/aromatic N) is 2. The Morgan fingerprint density at radius 1 is 1.07 bits per heavy atom. The molecule has 4 heteroatoms. The van der Waals surface area contributed by atoms with Crippen LogP contribution in [-0.2, 0) is 4.79 Å². The molecule has 1 aliphatic rings. The highest BCUT2D eigenvalue weighted by molar-refractivity contribution is 5.76. The van der Waals surface area contributed by atoms with Crippen molar-refractivity contribution in [1.29, 1.82) is 0 Å². The molecular weight excluding hydrogens is 358 g/mol. The number of unbranched alkanes of at least 4 members (excludes halogenated alkanes) is 1. The van der Waals surface area contributed by atoms with Crippen molar-refractivity contribution >= 4 is 5.91 Å². The van der Waals surface area contributed by atoms with Gasteiger partial charge in [0.15, 0.2) is 0 Å². The van der Waals surface area contributed by atoms with Crippen LogP contribution in [0.5, 0.6) is 0 Å². The molecule has 29 heavy (non-hydrogen) atoms. The van der Waals surface area contributed by atoms with Crippen molar-refractivity contribution in [3.8, 4) is 22.4 Å². The van der Waals surface area contributed by atoms with E-state index in [1.54, 1.807) is 0 Å². The number of hydrogen-bond donors (Lipinski definition) is 1. The number of carbonyl (C=O) groups excluding carboxylic acids is 1. The number of piperidine rings is 1. The van der Waals surface area contributed by atoms with Crippen LogP contribution in [-0.4, -0.2) is 33.9 Å². The molecule has 1 amide bonds. The van der Waals surface area contributed by atoms with Crippen molar-refractivity contribution < 1.29 is 4.79 Å². The smallest absolute Gasteiger partial charge is 0.222 e. The number of benzene rings is 2. The van der Waals surface area contributed by atoms with E-state index in [2.05, 4.69) is 65.4 Å². The summed E-state index contributed by atoms with van der Waals surface area (Å²) in [5, 5.41) is 0. The molecule has 1 N–H and O–H groups in total. The number of hydrogen-bond acceptors (Lipinski definition) is 2. The lowest BCUT2D eigenvalue weighted by molar-refractivity contribution is -0.132. The molecule has 1 aliphatic heterocycles. The van der Waals surface area contributed by atoms with Gasteiger partial charge in [-0.3, -0.25) is 4.79 Å². The summed E-state index contributed by atoms with van der Waals surface area (Å²) in [7, 11) is 0. The fourth-order valence-corrected chi connectivity index (χ4v) is 4.08. The summed E-state index contributed by atoms with van der Waals surface area (Å²) in [6.45, 7) is 3.79. The Hall–Kier alpha value is -2.88. The third kappa shape index (κ3) is 4.58. The van der Waals surface area contributed by atoms with Crippen LogP contribution in [0.3, 0.4) is 0 Å². The van der Waals surface area contributed by atoms with Crippen LogP contribution in [0.15, 0.2) is 60.8 Å². The lowest BCUT2D eigenvalue weighted by atomic mass is 9.97. The lowest BCUT2D eigenvalue weighted by Crippen LogP contribution is -2.39. The Kier molecular flexibility index (Phi) is 6.09. The molecule has 1 saturated heterocycles. The highest BCUT2D eigenvalue weighted by Gasteiger charge is 2.26. The number of rotatable bonds is 6. The van der Waals surface area contributed by atoms with Gasteiger partial charge in [0.25, 0.3) is 0 Å². The van der Waals surface area contributed by atoms with E-state index in [4.69, 9.17) is 0 Å². The first-order valence-corrected chi connectivity index (χ1v) is 10.7. The zero-order chi connectivity index (χ0) is 20.1. The fourth-order valence-electron chi connectivity index (χ4n) is 4.08. The van der Waals surface area contributed by atoms with E-state index in [-0.39, 0.29) is 0 Å². The molecule has 4 rings (SSSR count). The summed E-state index contributed by atoms with van der Waals surface area (Å²) in [5.74, 6) is 1.59. The van der Waals surface area contributed by atoms with Crippen molar-refractivity contribution in [2.45, 2.75) is 44.9 Å². The zero-order valence-corrected chi connectivity index (χ0v) is 17.1. The van der Waals surface area contributed by atoms with Crippen LogP contribution in [0.2, 0.25) is 0 Å². The standard InChI is InChI=1S/C25H29N3O/c1-2-3-11-24(29)28-16-7-10-22(18-28)25-26-17-23(27-25)21-14-12-20(13-15-21)19-8-5-4-6-9-19/h4-6,8-9,12-15,17,22H,2-3,7,10-11,16,18H2,1H3,(H,26,27). The molecule has 1 atom stereocenters. The number of likely N-dealkylation sites (tertiary alicyclic amines) is 1. The Balaban J connectivity index is 1.45. The fraction of sp³-hybridized carbons (Fsp3) is 0.360. The molecule has 0 saturated carbocycles. The SMILES string of the molecule is CCCCC(=O)N1CCCC(c2ncc(-c3ccc(-c4ccccc4)cc3)[nH]2)C1. The van der Waals surface area contributed by atoms with Gasteiger partial charge in [0.2, 0.25) is 5.91 Å². The summed E-state index contributed by atoms with van der Waals surface area (Å²) < 4.78 is 0. The molecule has 0 bridgehead atoms. The Bertz CT molecular complexity index is 930. The van der Waals surface area contributed by atoms with Crippen LogP contribution in [0.1, 0.15) is 50.8 Å². The molecule has 1 fully saturated rings. The number of nitrogens with one attached hydrogen (secondary N) is 1. The molecule has 150 valence electrons. The van der Waals surface area contributed by atoms with E-state index in [0.717, 1.165) is 55.9 Å². The van der Waals surface area contributed by atoms with Crippen LogP contribution in [0, 0.1) is 0 Å². The van der Waals surface area contributed by atoms with Crippen molar-refractivity contribution in [3.63, 3.8) is 0 Å². The highest BCUT2D eigenvalue weighted by atomic mass is 16.2. The molecule has 1 unspecified atom stereocenters. The van der Waals surface area contributed by atoms with Crippen molar-refractivity contribution in [1.82, 2.24) is 14.9 Å². The van der Waals surface area contributed by atoms with Gasteiger partial charge in [-0.05, 0) is 36.0 Å². The number of imidazole rings is 1. The predicted molar refractivity (Wildman–Crippen MR) is 118 cm³/mol. The number of carbonyl (C=O) groups is 1. The van der Waals surface area contributed by atoms with Gasteiger partial charge in [-0.2, -0.15) is 0 Å². The van der Waals surface area contributed by atoms with E-state index < -0.39 is 0 Å². The summed E-state index contributed by atoms with van der Waals surface area (Å²) in [5.41, 5.74) is 4.60. The molecule has 0 aliphatic carbocycles. The van der Waals surface area contributed by atoms with Gasteiger partial charge in [-0.15, -0.1) is 0 Å². The molecule has 2 aromatic carbocycles. The molecule has 0 radical (unpaired) electrons. The van der Waals surface area contributed by atoms with Gasteiger partial charge >= 0.3 is 0 Å². The first kappa shape index (κ1) is 19.4. The zero-order valence-electron chi connectivity index (χ0n) is 17.1. The summed E-state index contributed by atoms with van der Waals surface area (Å²) in [6, 6.07) is 19.0. The molecule has 3 aromatic rings. The van der Waals surface area contributed by atoms with Crippen LogP contribution < -0.4 is 0 Å². The second-order valence-electron chi connectivity index (χ2n) is 7.91. The third-order valence-corrected chi connectivity index (χ3v) is 5.80. The summed E-state index contributed by atoms with van der Waals surface area (Å²) in [4.78, 5) is 22.6. The van der Waals surface area contributed by atoms with Crippen LogP contribution in [0.4, 0.5) is 0 Å². The van der Waals surface area contributed by atoms with E-state index in [1.807, 2.05) is 17.2 Å². The highest BCUT2D eigenvalue weighted by Crippen LogP contribution is 2.28. The molecule has 1 aromatic heterocycles. The van der Waals surface area contributed by atoms with Gasteiger partial charge in [-0.25, -0.2) is 4.98 Å². The van der Waals surface area contributed by atoms with Gasteiger partial charge in [-0.1, -0.05) is 67.9 Å². The number of H-pyrrole nitrogens is 1. The Morgan fingerprint density at radius 3 is 2.55 bits per heavy atom. The van der Waals surface area contributed by atoms with Crippen molar-refractivity contribution in [2.24, 2.45) is 0 Å². The van der Waals surface area contributed by atoms with Crippen LogP contribution >= 0.6 is 0 Å². The van der Waals surface area contributed by atoms with Crippen molar-refractivity contribution in [2.75, 3.05) is 13.1 Å². The summed E-state index contributed by atoms with van der Waals surface area (Å²) in [6.07, 6.45) is 6.75. The average molecular weight is 388 g/mol. The maximum absolute atomic E-state index is 12.4. The quantitative estimate of drug-likeness (QED) is 0.595. The predicted octanol–water partition coefficient (Wildman–Crippen LogP) is 5.64. The Labute approximate surface area is 173 Å². The topological polar surface area (TPSA) is 49.0 Å². The van der Waals surface area contributed by atoms with Crippen molar-refractivity contribution in [3.05, 3.63) is 66.6 Å². The van der Waals surface area contributed by atoms with E-state index in [1.165, 1.54) is 11.1 Å². The van der Waals surface area contributed by atoms with E-state index >= 15 is 0 Å². The average Bonchev–Trinajstić information content (AvgIpc) is 3.29. The minimum Gasteiger partial charge on any atom is -0.342 e. The second kappa shape index (κ2) is 9.08. The first-order valence-electron chi connectivity index (χ1n) is 10.7. The minimum atomic E-state index is 0.292. The van der Waals surface area contributed by atoms with Crippen LogP contribution in [0.25, 0.3) is 22.4 Å². The maximum Gasteiger partial charge on any atom is 0.222 e.